The van der Waals surface area contributed by atoms with Crippen LogP contribution in [0.25, 0.3) is 0 Å². The van der Waals surface area contributed by atoms with Gasteiger partial charge in [-0.2, -0.15) is 5.26 Å². The van der Waals surface area contributed by atoms with E-state index in [9.17, 15) is 10.1 Å². The third-order valence-corrected chi connectivity index (χ3v) is 3.37. The van der Waals surface area contributed by atoms with Gasteiger partial charge in [0.25, 0.3) is 5.69 Å². The molecule has 6 nitrogen and oxygen atoms in total. The van der Waals surface area contributed by atoms with Crippen LogP contribution in [-0.4, -0.2) is 23.2 Å². The van der Waals surface area contributed by atoms with Crippen molar-refractivity contribution in [1.82, 2.24) is 0 Å². The zero-order valence-corrected chi connectivity index (χ0v) is 12.7. The lowest BCUT2D eigenvalue weighted by Crippen LogP contribution is -2.01. The quantitative estimate of drug-likeness (QED) is 0.383. The van der Waals surface area contributed by atoms with Crippen molar-refractivity contribution >= 4 is 5.69 Å². The summed E-state index contributed by atoms with van der Waals surface area (Å²) in [6.45, 7) is 0.713. The van der Waals surface area contributed by atoms with Crippen LogP contribution in [0.4, 0.5) is 5.69 Å². The Morgan fingerprint density at radius 3 is 2.36 bits per heavy atom. The molecule has 1 N–H and O–H groups in total. The highest BCUT2D eigenvalue weighted by Crippen LogP contribution is 2.27. The summed E-state index contributed by atoms with van der Waals surface area (Å²) in [4.78, 5) is 10.3. The van der Waals surface area contributed by atoms with Crippen molar-refractivity contribution in [2.75, 3.05) is 13.2 Å². The Balaban J connectivity index is 2.30. The molecule has 0 radical (unpaired) electrons. The Morgan fingerprint density at radius 2 is 1.77 bits per heavy atom. The molecule has 1 rings (SSSR count). The summed E-state index contributed by atoms with van der Waals surface area (Å²) in [6, 6.07) is 6.25. The summed E-state index contributed by atoms with van der Waals surface area (Å²) in [5.41, 5.74) is -0.236. The molecule has 1 aromatic carbocycles. The molecule has 0 spiro atoms. The van der Waals surface area contributed by atoms with Crippen LogP contribution >= 0.6 is 0 Å². The topological polar surface area (TPSA) is 96.4 Å². The first-order chi connectivity index (χ1) is 10.7. The maximum absolute atomic E-state index is 10.8. The summed E-state index contributed by atoms with van der Waals surface area (Å²) in [5.74, 6) is 0.277. The van der Waals surface area contributed by atoms with E-state index in [2.05, 4.69) is 0 Å². The Kier molecular flexibility index (Phi) is 8.61. The molecule has 0 amide bonds. The highest BCUT2D eigenvalue weighted by Gasteiger charge is 2.17. The fraction of sp³-hybridized carbons (Fsp3) is 0.562. The van der Waals surface area contributed by atoms with Crippen molar-refractivity contribution in [3.63, 3.8) is 0 Å². The number of nitrogens with zero attached hydrogens (tertiary/aromatic N) is 2. The average molecular weight is 306 g/mol. The molecular weight excluding hydrogens is 284 g/mol. The lowest BCUT2D eigenvalue weighted by molar-refractivity contribution is -0.385. The van der Waals surface area contributed by atoms with Crippen molar-refractivity contribution in [2.24, 2.45) is 0 Å². The van der Waals surface area contributed by atoms with Crippen molar-refractivity contribution in [1.29, 1.82) is 5.26 Å². The number of nitro benzene ring substituents is 1. The second-order valence-electron chi connectivity index (χ2n) is 5.07. The largest absolute Gasteiger partial charge is 0.492 e. The smallest absolute Gasteiger partial charge is 0.290 e. The zero-order valence-electron chi connectivity index (χ0n) is 12.7. The summed E-state index contributed by atoms with van der Waals surface area (Å²) >= 11 is 0. The van der Waals surface area contributed by atoms with Gasteiger partial charge < -0.3 is 9.84 Å². The molecule has 0 saturated heterocycles. The number of nitriles is 1. The van der Waals surface area contributed by atoms with Crippen LogP contribution in [0.3, 0.4) is 0 Å². The van der Waals surface area contributed by atoms with Crippen molar-refractivity contribution in [3.8, 4) is 11.8 Å². The summed E-state index contributed by atoms with van der Waals surface area (Å²) in [5, 5.41) is 28.5. The van der Waals surface area contributed by atoms with E-state index in [0.717, 1.165) is 44.9 Å². The van der Waals surface area contributed by atoms with E-state index in [1.807, 2.05) is 6.07 Å². The summed E-state index contributed by atoms with van der Waals surface area (Å²) in [7, 11) is 0. The van der Waals surface area contributed by atoms with Gasteiger partial charge in [-0.15, -0.1) is 0 Å². The van der Waals surface area contributed by atoms with Gasteiger partial charge in [-0.05, 0) is 18.9 Å². The van der Waals surface area contributed by atoms with Crippen LogP contribution in [0.15, 0.2) is 18.2 Å². The lowest BCUT2D eigenvalue weighted by Gasteiger charge is -2.07. The van der Waals surface area contributed by atoms with Gasteiger partial charge in [0.05, 0.1) is 11.5 Å². The number of rotatable bonds is 11. The Morgan fingerprint density at radius 1 is 1.14 bits per heavy atom. The summed E-state index contributed by atoms with van der Waals surface area (Å²) < 4.78 is 5.50. The van der Waals surface area contributed by atoms with E-state index < -0.39 is 4.92 Å². The average Bonchev–Trinajstić information content (AvgIpc) is 2.52. The third-order valence-electron chi connectivity index (χ3n) is 3.37. The maximum Gasteiger partial charge on any atom is 0.290 e. The van der Waals surface area contributed by atoms with Gasteiger partial charge in [0.2, 0.25) is 0 Å². The standard InChI is InChI=1S/C16H22N2O4/c17-13-14-15(18(20)21)9-8-10-16(14)22-12-7-5-3-1-2-4-6-11-19/h8-10,19H,1-7,11-12H2. The van der Waals surface area contributed by atoms with Crippen molar-refractivity contribution < 1.29 is 14.8 Å². The molecule has 120 valence electrons. The van der Waals surface area contributed by atoms with Crippen LogP contribution in [-0.2, 0) is 0 Å². The number of aliphatic hydroxyl groups excluding tert-OH is 1. The molecule has 0 heterocycles. The van der Waals surface area contributed by atoms with Gasteiger partial charge >= 0.3 is 0 Å². The first-order valence-electron chi connectivity index (χ1n) is 7.62. The van der Waals surface area contributed by atoms with Gasteiger partial charge in [0.15, 0.2) is 5.56 Å². The Labute approximate surface area is 130 Å². The molecule has 1 aromatic rings. The Hall–Kier alpha value is -2.13. The number of ether oxygens (including phenoxy) is 1. The van der Waals surface area contributed by atoms with E-state index in [1.54, 1.807) is 6.07 Å². The molecule has 0 aromatic heterocycles. The predicted molar refractivity (Wildman–Crippen MR) is 82.7 cm³/mol. The number of nitro groups is 1. The number of benzene rings is 1. The normalized spacial score (nSPS) is 10.2. The monoisotopic (exact) mass is 306 g/mol. The second-order valence-corrected chi connectivity index (χ2v) is 5.07. The van der Waals surface area contributed by atoms with Crippen molar-refractivity contribution in [2.45, 2.75) is 44.9 Å². The number of unbranched alkanes of at least 4 members (excludes halogenated alkanes) is 6. The number of hydrogen-bond donors (Lipinski definition) is 1. The van der Waals surface area contributed by atoms with E-state index >= 15 is 0 Å². The fourth-order valence-corrected chi connectivity index (χ4v) is 2.18. The molecular formula is C16H22N2O4. The molecule has 0 aliphatic heterocycles. The van der Waals surface area contributed by atoms with Gasteiger partial charge in [0, 0.05) is 12.7 Å². The number of aliphatic hydroxyl groups is 1. The molecule has 0 aliphatic rings. The van der Waals surface area contributed by atoms with Crippen LogP contribution < -0.4 is 4.74 Å². The van der Waals surface area contributed by atoms with Crippen LogP contribution in [0, 0.1) is 21.4 Å². The Bertz CT molecular complexity index is 511. The molecule has 6 heteroatoms. The third kappa shape index (κ3) is 6.10. The number of hydrogen-bond acceptors (Lipinski definition) is 5. The first-order valence-corrected chi connectivity index (χ1v) is 7.62. The van der Waals surface area contributed by atoms with Gasteiger partial charge in [-0.3, -0.25) is 10.1 Å². The fourth-order valence-electron chi connectivity index (χ4n) is 2.18. The first kappa shape index (κ1) is 17.9. The second kappa shape index (κ2) is 10.6. The SMILES string of the molecule is N#Cc1c(OCCCCCCCCCO)cccc1[N+](=O)[O-]. The van der Waals surface area contributed by atoms with Gasteiger partial charge in [-0.25, -0.2) is 0 Å². The van der Waals surface area contributed by atoms with Crippen LogP contribution in [0.5, 0.6) is 5.75 Å². The van der Waals surface area contributed by atoms with Crippen LogP contribution in [0.2, 0.25) is 0 Å². The highest BCUT2D eigenvalue weighted by atomic mass is 16.6. The minimum Gasteiger partial charge on any atom is -0.492 e. The van der Waals surface area contributed by atoms with Gasteiger partial charge in [0.1, 0.15) is 11.8 Å². The minimum absolute atomic E-state index is 0.0171. The van der Waals surface area contributed by atoms with Gasteiger partial charge in [-0.1, -0.05) is 38.2 Å². The molecule has 0 bridgehead atoms. The van der Waals surface area contributed by atoms with Crippen LogP contribution in [0.1, 0.15) is 50.5 Å². The van der Waals surface area contributed by atoms with E-state index in [-0.39, 0.29) is 23.6 Å². The molecule has 0 aliphatic carbocycles. The zero-order chi connectivity index (χ0) is 16.2. The molecule has 0 fully saturated rings. The van der Waals surface area contributed by atoms with E-state index in [4.69, 9.17) is 15.1 Å². The maximum atomic E-state index is 10.8. The molecule has 0 saturated carbocycles. The highest BCUT2D eigenvalue weighted by molar-refractivity contribution is 5.56. The molecule has 22 heavy (non-hydrogen) atoms. The minimum atomic E-state index is -0.572. The predicted octanol–water partition coefficient (Wildman–Crippen LogP) is 3.57. The van der Waals surface area contributed by atoms with E-state index in [1.165, 1.54) is 12.1 Å². The lowest BCUT2D eigenvalue weighted by atomic mass is 10.1. The molecule has 0 unspecified atom stereocenters. The molecule has 0 atom stereocenters. The van der Waals surface area contributed by atoms with Crippen molar-refractivity contribution in [3.05, 3.63) is 33.9 Å². The summed E-state index contributed by atoms with van der Waals surface area (Å²) in [6.07, 6.45) is 7.18. The van der Waals surface area contributed by atoms with E-state index in [0.29, 0.717) is 6.61 Å².